The van der Waals surface area contributed by atoms with Crippen LogP contribution in [0.5, 0.6) is 0 Å². The third-order valence-corrected chi connectivity index (χ3v) is 21.4. The largest absolute Gasteiger partial charge is 0.377 e. The van der Waals surface area contributed by atoms with E-state index >= 15 is 0 Å². The zero-order chi connectivity index (χ0) is 56.0. The highest BCUT2D eigenvalue weighted by Crippen LogP contribution is 2.59. The molecule has 394 valence electrons. The molecule has 0 amide bonds. The van der Waals surface area contributed by atoms with Gasteiger partial charge in [0.15, 0.2) is 0 Å². The van der Waals surface area contributed by atoms with E-state index in [4.69, 9.17) is 0 Å². The van der Waals surface area contributed by atoms with Gasteiger partial charge in [0.2, 0.25) is 0 Å². The monoisotopic (exact) mass is 1040 g/mol. The van der Waals surface area contributed by atoms with Crippen LogP contribution in [0.15, 0.2) is 140 Å². The number of hydrogen-bond acceptors (Lipinski definition) is 2. The molecular weight excluding hydrogens is 973 g/mol. The summed E-state index contributed by atoms with van der Waals surface area (Å²) in [5, 5.41) is 0. The molecule has 2 aliphatic carbocycles. The molecule has 9 aromatic carbocycles. The lowest BCUT2D eigenvalue weighted by atomic mass is 9.28. The molecule has 5 heteroatoms. The normalized spacial score (nSPS) is 16.7. The maximum absolute atomic E-state index is 2.93. The summed E-state index contributed by atoms with van der Waals surface area (Å²) in [6, 6.07) is 57.8. The van der Waals surface area contributed by atoms with Crippen LogP contribution >= 0.6 is 0 Å². The van der Waals surface area contributed by atoms with E-state index in [1.54, 1.807) is 0 Å². The summed E-state index contributed by atoms with van der Waals surface area (Å²) in [5.74, 6) is 0. The second kappa shape index (κ2) is 14.7. The van der Waals surface area contributed by atoms with Crippen LogP contribution in [-0.4, -0.2) is 20.4 Å². The molecule has 6 aliphatic heterocycles. The molecule has 0 N–H and O–H groups in total. The van der Waals surface area contributed by atoms with Crippen molar-refractivity contribution in [3.63, 3.8) is 0 Å². The van der Waals surface area contributed by atoms with E-state index in [0.29, 0.717) is 0 Å². The van der Waals surface area contributed by atoms with Gasteiger partial charge in [-0.2, -0.15) is 0 Å². The van der Waals surface area contributed by atoms with Gasteiger partial charge in [0.1, 0.15) is 0 Å². The van der Waals surface area contributed by atoms with Gasteiger partial charge in [0.05, 0.1) is 0 Å². The smallest absolute Gasteiger partial charge is 0.329 e. The van der Waals surface area contributed by atoms with Crippen LogP contribution in [-0.2, 0) is 32.5 Å². The zero-order valence-electron chi connectivity index (χ0n) is 50.4. The molecule has 0 saturated carbocycles. The van der Waals surface area contributed by atoms with E-state index in [9.17, 15) is 0 Å². The Labute approximate surface area is 482 Å². The summed E-state index contributed by atoms with van der Waals surface area (Å²) in [5.41, 5.74) is 42.9. The maximum Gasteiger partial charge on any atom is 0.329 e. The Morgan fingerprint density at radius 2 is 0.642 bits per heavy atom. The van der Waals surface area contributed by atoms with Crippen LogP contribution in [0.25, 0.3) is 66.8 Å². The molecule has 17 rings (SSSR count). The molecule has 0 fully saturated rings. The minimum atomic E-state index is -0.167. The molecule has 0 atom stereocenters. The van der Waals surface area contributed by atoms with Crippen LogP contribution in [0, 0.1) is 0 Å². The fourth-order valence-corrected chi connectivity index (χ4v) is 17.0. The average molecular weight is 1040 g/mol. The van der Waals surface area contributed by atoms with Crippen molar-refractivity contribution < 1.29 is 0 Å². The number of benzene rings is 9. The molecule has 6 heterocycles. The summed E-state index contributed by atoms with van der Waals surface area (Å²) >= 11 is 0. The van der Waals surface area contributed by atoms with Crippen LogP contribution in [0.2, 0.25) is 0 Å². The molecule has 8 aliphatic rings. The number of rotatable bonds is 0. The summed E-state index contributed by atoms with van der Waals surface area (Å²) in [7, 11) is 0. The molecule has 0 saturated heterocycles. The Hall–Kier alpha value is -7.23. The topological polar surface area (TPSA) is 6.48 Å². The predicted molar refractivity (Wildman–Crippen MR) is 350 cm³/mol. The van der Waals surface area contributed by atoms with Crippen molar-refractivity contribution in [1.82, 2.24) is 0 Å². The van der Waals surface area contributed by atoms with Gasteiger partial charge in [-0.1, -0.05) is 232 Å². The molecule has 0 unspecified atom stereocenters. The van der Waals surface area contributed by atoms with Gasteiger partial charge in [-0.15, -0.1) is 0 Å². The van der Waals surface area contributed by atoms with Gasteiger partial charge in [-0.05, 0) is 167 Å². The van der Waals surface area contributed by atoms with Gasteiger partial charge in [-0.25, -0.2) is 0 Å². The van der Waals surface area contributed by atoms with Gasteiger partial charge < -0.3 is 9.62 Å². The lowest BCUT2D eigenvalue weighted by Gasteiger charge is -2.55. The van der Waals surface area contributed by atoms with Gasteiger partial charge in [0.25, 0.3) is 6.71 Å². The van der Waals surface area contributed by atoms with E-state index in [1.165, 1.54) is 172 Å². The van der Waals surface area contributed by atoms with E-state index in [-0.39, 0.29) is 52.9 Å². The third kappa shape index (κ3) is 5.89. The van der Waals surface area contributed by atoms with Crippen molar-refractivity contribution in [2.45, 2.75) is 143 Å². The van der Waals surface area contributed by atoms with Crippen molar-refractivity contribution in [2.24, 2.45) is 0 Å². The second-order valence-electron chi connectivity index (χ2n) is 30.9. The van der Waals surface area contributed by atoms with E-state index in [1.807, 2.05) is 0 Å². The summed E-state index contributed by atoms with van der Waals surface area (Å²) in [6.45, 7) is 38.7. The Kier molecular flexibility index (Phi) is 8.79. The van der Waals surface area contributed by atoms with Crippen molar-refractivity contribution in [2.75, 3.05) is 9.62 Å². The van der Waals surface area contributed by atoms with E-state index in [0.717, 1.165) is 0 Å². The average Bonchev–Trinajstić information content (AvgIpc) is 1.95. The highest BCUT2D eigenvalue weighted by Gasteiger charge is 2.58. The molecule has 9 aromatic rings. The van der Waals surface area contributed by atoms with Crippen molar-refractivity contribution >= 4 is 81.4 Å². The number of nitrogens with zero attached hydrogens (tertiary/aromatic N) is 2. The molecular formula is C76H71B3N2. The molecule has 2 nitrogen and oxygen atoms in total. The van der Waals surface area contributed by atoms with E-state index < -0.39 is 0 Å². The van der Waals surface area contributed by atoms with Crippen LogP contribution in [0.4, 0.5) is 22.7 Å². The molecule has 0 bridgehead atoms. The summed E-state index contributed by atoms with van der Waals surface area (Å²) in [4.78, 5) is 5.85. The van der Waals surface area contributed by atoms with Crippen LogP contribution in [0.3, 0.4) is 0 Å². The quantitative estimate of drug-likeness (QED) is 0.140. The Bertz CT molecular complexity index is 4200. The molecule has 0 spiro atoms. The first-order valence-corrected chi connectivity index (χ1v) is 30.3. The van der Waals surface area contributed by atoms with Crippen molar-refractivity contribution in [3.05, 3.63) is 184 Å². The van der Waals surface area contributed by atoms with E-state index in [2.05, 4.69) is 260 Å². The minimum Gasteiger partial charge on any atom is -0.377 e. The summed E-state index contributed by atoms with van der Waals surface area (Å²) in [6.07, 6.45) is 0. The number of anilines is 4. The standard InChI is InChI=1S/C76H71B3N2/c1-71(2,3)40-25-27-46-52-29-42(73(7,8)9)33-64-67(52)80-69-54(50-36-58-48(38-62(50)78(80)60(46)31-40)44-21-17-19-23-56(44)75(58,13)14)35-55-51-37-59-49(45-22-18-20-24-57(45)76(59,15)16)39-63(51)79-61-32-41(72(4,5)6)26-28-47(61)53-30-43(74(10,11)12)34-65-68(53)81(79)70(55)66(69)77(64)65/h17-39H,1-16H3. The van der Waals surface area contributed by atoms with Gasteiger partial charge in [-0.3, -0.25) is 0 Å². The van der Waals surface area contributed by atoms with Gasteiger partial charge in [0, 0.05) is 55.8 Å². The second-order valence-corrected chi connectivity index (χ2v) is 30.9. The minimum absolute atomic E-state index is 0.0197. The van der Waals surface area contributed by atoms with Crippen molar-refractivity contribution in [3.8, 4) is 66.8 Å². The SMILES string of the molecule is CC(C)(C)c1ccc2c(c1)B1c3cc4c(cc3-c3cc5c6c7c3N1c1c(cc(C(C)(C)C)cc1-2)B7c1cc(C(C)(C)C)cc2c1N6B(c1cc(C(C)(C)C)ccc1-2)c1cc2c(cc1-5)C(C)(C)c1ccccc1-2)C(C)(C)c1ccccc1-4. The predicted octanol–water partition coefficient (Wildman–Crippen LogP) is 14.4. The maximum atomic E-state index is 2.93. The number of hydrogen-bond donors (Lipinski definition) is 0. The lowest BCUT2D eigenvalue weighted by Crippen LogP contribution is -2.72. The molecule has 0 radical (unpaired) electrons. The highest BCUT2D eigenvalue weighted by atomic mass is 15.1. The van der Waals surface area contributed by atoms with Crippen LogP contribution < -0.4 is 47.9 Å². The third-order valence-electron chi connectivity index (χ3n) is 21.4. The summed E-state index contributed by atoms with van der Waals surface area (Å²) < 4.78 is 0. The fraction of sp³-hybridized carbons (Fsp3) is 0.289. The Morgan fingerprint density at radius 3 is 1.04 bits per heavy atom. The molecule has 81 heavy (non-hydrogen) atoms. The Morgan fingerprint density at radius 1 is 0.284 bits per heavy atom. The van der Waals surface area contributed by atoms with Crippen LogP contribution in [0.1, 0.15) is 155 Å². The Balaban J connectivity index is 1.10. The number of fused-ring (bicyclic) bond motifs is 20. The first-order chi connectivity index (χ1) is 38.2. The van der Waals surface area contributed by atoms with Crippen molar-refractivity contribution in [1.29, 1.82) is 0 Å². The molecule has 0 aromatic heterocycles. The lowest BCUT2D eigenvalue weighted by molar-refractivity contribution is 0.590. The first-order valence-electron chi connectivity index (χ1n) is 30.3. The first kappa shape index (κ1) is 48.5. The zero-order valence-corrected chi connectivity index (χ0v) is 50.4. The highest BCUT2D eigenvalue weighted by molar-refractivity contribution is 7.06. The fourth-order valence-electron chi connectivity index (χ4n) is 17.0. The van der Waals surface area contributed by atoms with Gasteiger partial charge >= 0.3 is 13.7 Å².